The number of piperidine rings is 1. The Balaban J connectivity index is 1.19. The zero-order chi connectivity index (χ0) is 25.1. The summed E-state index contributed by atoms with van der Waals surface area (Å²) in [5.41, 5.74) is 8.03. The first kappa shape index (κ1) is 24.3. The maximum atomic E-state index is 13.2. The van der Waals surface area contributed by atoms with E-state index in [1.165, 1.54) is 27.8 Å². The lowest BCUT2D eigenvalue weighted by Gasteiger charge is -2.32. The van der Waals surface area contributed by atoms with Crippen LogP contribution in [-0.4, -0.2) is 29.8 Å². The van der Waals surface area contributed by atoms with Crippen molar-refractivity contribution in [3.63, 3.8) is 0 Å². The molecule has 0 aromatic heterocycles. The Bertz CT molecular complexity index is 1260. The molecule has 1 aliphatic carbocycles. The van der Waals surface area contributed by atoms with Gasteiger partial charge in [0.15, 0.2) is 0 Å². The Morgan fingerprint density at radius 2 is 1.72 bits per heavy atom. The summed E-state index contributed by atoms with van der Waals surface area (Å²) in [6, 6.07) is 23.0. The molecule has 36 heavy (non-hydrogen) atoms. The Hall–Kier alpha value is -3.40. The highest BCUT2D eigenvalue weighted by Crippen LogP contribution is 2.31. The zero-order valence-corrected chi connectivity index (χ0v) is 21.4. The number of carbonyl (C=O) groups is 2. The van der Waals surface area contributed by atoms with Crippen molar-refractivity contribution < 1.29 is 9.59 Å². The molecular weight excluding hydrogens is 444 g/mol. The molecule has 0 radical (unpaired) electrons. The molecule has 1 atom stereocenters. The zero-order valence-electron chi connectivity index (χ0n) is 21.4. The van der Waals surface area contributed by atoms with Crippen molar-refractivity contribution in [1.82, 2.24) is 10.2 Å². The third-order valence-corrected chi connectivity index (χ3v) is 7.99. The normalized spacial score (nSPS) is 17.9. The van der Waals surface area contributed by atoms with Crippen molar-refractivity contribution in [1.29, 1.82) is 0 Å². The smallest absolute Gasteiger partial charge is 0.251 e. The summed E-state index contributed by atoms with van der Waals surface area (Å²) in [4.78, 5) is 28.1. The van der Waals surface area contributed by atoms with Crippen molar-refractivity contribution in [2.75, 3.05) is 13.1 Å². The monoisotopic (exact) mass is 480 g/mol. The molecule has 0 saturated carbocycles. The maximum Gasteiger partial charge on any atom is 0.251 e. The molecule has 0 spiro atoms. The van der Waals surface area contributed by atoms with Gasteiger partial charge >= 0.3 is 0 Å². The van der Waals surface area contributed by atoms with Crippen LogP contribution in [0.4, 0.5) is 0 Å². The number of nitrogens with zero attached hydrogens (tertiary/aromatic N) is 1. The van der Waals surface area contributed by atoms with Crippen LogP contribution >= 0.6 is 0 Å². The lowest BCUT2D eigenvalue weighted by atomic mass is 9.87. The van der Waals surface area contributed by atoms with E-state index in [0.717, 1.165) is 56.3 Å². The Morgan fingerprint density at radius 3 is 2.56 bits per heavy atom. The number of hydrogen-bond acceptors (Lipinski definition) is 2. The number of aryl methyl sites for hydroxylation is 3. The first-order valence-corrected chi connectivity index (χ1v) is 13.3. The summed E-state index contributed by atoms with van der Waals surface area (Å²) in [5.74, 6) is 0.584. The lowest BCUT2D eigenvalue weighted by Crippen LogP contribution is -2.39. The molecule has 0 bridgehead atoms. The predicted octanol–water partition coefficient (Wildman–Crippen LogP) is 6.06. The molecule has 1 N–H and O–H groups in total. The van der Waals surface area contributed by atoms with Gasteiger partial charge in [-0.15, -0.1) is 0 Å². The van der Waals surface area contributed by atoms with Crippen LogP contribution in [-0.2, 0) is 17.6 Å². The lowest BCUT2D eigenvalue weighted by molar-refractivity contribution is -0.131. The van der Waals surface area contributed by atoms with Crippen molar-refractivity contribution in [3.8, 4) is 0 Å². The van der Waals surface area contributed by atoms with Gasteiger partial charge in [-0.3, -0.25) is 9.59 Å². The molecule has 3 aromatic rings. The van der Waals surface area contributed by atoms with Gasteiger partial charge in [-0.25, -0.2) is 0 Å². The Labute approximate surface area is 214 Å². The van der Waals surface area contributed by atoms with Gasteiger partial charge < -0.3 is 10.2 Å². The number of amides is 2. The molecule has 3 aromatic carbocycles. The minimum atomic E-state index is -0.000286. The molecule has 1 heterocycles. The van der Waals surface area contributed by atoms with Gasteiger partial charge in [-0.05, 0) is 91.8 Å². The maximum absolute atomic E-state index is 13.2. The van der Waals surface area contributed by atoms with Crippen molar-refractivity contribution in [3.05, 3.63) is 106 Å². The van der Waals surface area contributed by atoms with Crippen LogP contribution in [0.25, 0.3) is 0 Å². The average molecular weight is 481 g/mol. The van der Waals surface area contributed by atoms with Crippen LogP contribution in [0.3, 0.4) is 0 Å². The molecular formula is C32H36N2O2. The second-order valence-electron chi connectivity index (χ2n) is 10.5. The van der Waals surface area contributed by atoms with Gasteiger partial charge in [-0.2, -0.15) is 0 Å². The van der Waals surface area contributed by atoms with Crippen LogP contribution in [0.1, 0.15) is 81.4 Å². The van der Waals surface area contributed by atoms with E-state index in [9.17, 15) is 9.59 Å². The van der Waals surface area contributed by atoms with Gasteiger partial charge in [0.05, 0.1) is 12.5 Å². The molecule has 2 amide bonds. The van der Waals surface area contributed by atoms with Crippen LogP contribution in [0.2, 0.25) is 0 Å². The molecule has 4 heteroatoms. The van der Waals surface area contributed by atoms with Gasteiger partial charge in [0, 0.05) is 18.7 Å². The van der Waals surface area contributed by atoms with Gasteiger partial charge in [0.1, 0.15) is 0 Å². The quantitative estimate of drug-likeness (QED) is 0.483. The van der Waals surface area contributed by atoms with E-state index >= 15 is 0 Å². The Kier molecular flexibility index (Phi) is 7.22. The molecule has 1 unspecified atom stereocenters. The summed E-state index contributed by atoms with van der Waals surface area (Å²) in [5, 5.41) is 3.28. The molecule has 1 fully saturated rings. The fourth-order valence-electron chi connectivity index (χ4n) is 5.81. The standard InChI is InChI=1S/C32H36N2O2/c1-22-13-14-23(2)28(19-22)21-31(35)34-17-15-24(16-18-34)26-9-5-10-27(20-26)32(36)33-30-12-6-8-25-7-3-4-11-29(25)30/h3-5,7,9-11,13-14,19-20,24,30H,6,8,12,15-18,21H2,1-2H3,(H,33,36). The number of hydrogen-bond donors (Lipinski definition) is 1. The van der Waals surface area contributed by atoms with Crippen molar-refractivity contribution in [2.45, 2.75) is 64.3 Å². The summed E-state index contributed by atoms with van der Waals surface area (Å²) in [6.45, 7) is 5.68. The molecule has 2 aliphatic rings. The third-order valence-electron chi connectivity index (χ3n) is 7.99. The fourth-order valence-corrected chi connectivity index (χ4v) is 5.81. The van der Waals surface area contributed by atoms with Gasteiger partial charge in [0.25, 0.3) is 5.91 Å². The SMILES string of the molecule is Cc1ccc(C)c(CC(=O)N2CCC(c3cccc(C(=O)NC4CCCc5ccccc54)c3)CC2)c1. The third kappa shape index (κ3) is 5.38. The predicted molar refractivity (Wildman–Crippen MR) is 144 cm³/mol. The average Bonchev–Trinajstić information content (AvgIpc) is 2.91. The second-order valence-corrected chi connectivity index (χ2v) is 10.5. The number of likely N-dealkylation sites (tertiary alicyclic amines) is 1. The van der Waals surface area contributed by atoms with Crippen LogP contribution < -0.4 is 5.32 Å². The van der Waals surface area contributed by atoms with E-state index < -0.39 is 0 Å². The molecule has 5 rings (SSSR count). The van der Waals surface area contributed by atoms with E-state index in [1.54, 1.807) is 0 Å². The summed E-state index contributed by atoms with van der Waals surface area (Å²) in [7, 11) is 0. The van der Waals surface area contributed by atoms with Gasteiger partial charge in [-0.1, -0.05) is 60.2 Å². The number of benzene rings is 3. The number of rotatable bonds is 5. The first-order chi connectivity index (χ1) is 17.5. The van der Waals surface area contributed by atoms with Crippen LogP contribution in [0, 0.1) is 13.8 Å². The molecule has 186 valence electrons. The van der Waals surface area contributed by atoms with E-state index in [0.29, 0.717) is 12.3 Å². The topological polar surface area (TPSA) is 49.4 Å². The summed E-state index contributed by atoms with van der Waals surface area (Å²) >= 11 is 0. The highest BCUT2D eigenvalue weighted by molar-refractivity contribution is 5.94. The second kappa shape index (κ2) is 10.7. The van der Waals surface area contributed by atoms with E-state index in [1.807, 2.05) is 17.0 Å². The van der Waals surface area contributed by atoms with Gasteiger partial charge in [0.2, 0.25) is 5.91 Å². The van der Waals surface area contributed by atoms with E-state index in [-0.39, 0.29) is 17.9 Å². The van der Waals surface area contributed by atoms with Crippen LogP contribution in [0.5, 0.6) is 0 Å². The summed E-state index contributed by atoms with van der Waals surface area (Å²) in [6.07, 6.45) is 5.50. The minimum absolute atomic E-state index is 0.000286. The fraction of sp³-hybridized carbons (Fsp3) is 0.375. The number of carbonyl (C=O) groups excluding carboxylic acids is 2. The van der Waals surface area contributed by atoms with Crippen molar-refractivity contribution >= 4 is 11.8 Å². The van der Waals surface area contributed by atoms with Crippen LogP contribution in [0.15, 0.2) is 66.7 Å². The molecule has 1 saturated heterocycles. The Morgan fingerprint density at radius 1 is 0.917 bits per heavy atom. The van der Waals surface area contributed by atoms with E-state index in [2.05, 4.69) is 73.8 Å². The minimum Gasteiger partial charge on any atom is -0.345 e. The highest BCUT2D eigenvalue weighted by atomic mass is 16.2. The summed E-state index contributed by atoms with van der Waals surface area (Å²) < 4.78 is 0. The van der Waals surface area contributed by atoms with E-state index in [4.69, 9.17) is 0 Å². The highest BCUT2D eigenvalue weighted by Gasteiger charge is 2.26. The molecule has 4 nitrogen and oxygen atoms in total. The molecule has 1 aliphatic heterocycles. The van der Waals surface area contributed by atoms with Crippen molar-refractivity contribution in [2.24, 2.45) is 0 Å². The number of fused-ring (bicyclic) bond motifs is 1. The first-order valence-electron chi connectivity index (χ1n) is 13.3. The largest absolute Gasteiger partial charge is 0.345 e. The number of nitrogens with one attached hydrogen (secondary N) is 1.